The Kier molecular flexibility index (Phi) is 8.36. The Balaban J connectivity index is 2.43. The maximum absolute atomic E-state index is 2.48. The van der Waals surface area contributed by atoms with Gasteiger partial charge in [-0.2, -0.15) is 0 Å². The topological polar surface area (TPSA) is 0 Å². The van der Waals surface area contributed by atoms with E-state index >= 15 is 0 Å². The number of hydrogen-bond acceptors (Lipinski definition) is 0. The van der Waals surface area contributed by atoms with E-state index in [1.54, 1.807) is 0 Å². The second kappa shape index (κ2) is 10.7. The Morgan fingerprint density at radius 3 is 1.11 bits per heavy atom. The van der Waals surface area contributed by atoms with Gasteiger partial charge in [0, 0.05) is 0 Å². The molecule has 0 atom stereocenters. The molecule has 0 saturated carbocycles. The average Bonchev–Trinajstić information content (AvgIpc) is 2.77. The van der Waals surface area contributed by atoms with Crippen molar-refractivity contribution in [2.75, 3.05) is 0 Å². The lowest BCUT2D eigenvalue weighted by Crippen LogP contribution is -2.06. The smallest absolute Gasteiger partial charge is 0.0111 e. The Morgan fingerprint density at radius 2 is 0.800 bits per heavy atom. The van der Waals surface area contributed by atoms with E-state index in [4.69, 9.17) is 0 Å². The molecule has 3 rings (SSSR count). The quantitative estimate of drug-likeness (QED) is 0.323. The van der Waals surface area contributed by atoms with Crippen LogP contribution in [0.5, 0.6) is 0 Å². The number of rotatable bonds is 7. The molecule has 0 saturated heterocycles. The Morgan fingerprint density at radius 1 is 0.457 bits per heavy atom. The Bertz CT molecular complexity index is 1130. The molecule has 35 heavy (non-hydrogen) atoms. The van der Waals surface area contributed by atoms with Gasteiger partial charge in [-0.25, -0.2) is 0 Å². The minimum absolute atomic E-state index is 0.473. The minimum atomic E-state index is 0.473. The van der Waals surface area contributed by atoms with Crippen molar-refractivity contribution >= 4 is 0 Å². The fourth-order valence-electron chi connectivity index (χ4n) is 5.51. The summed E-state index contributed by atoms with van der Waals surface area (Å²) in [7, 11) is 0. The Hall–Kier alpha value is -2.34. The van der Waals surface area contributed by atoms with Gasteiger partial charge in [0.05, 0.1) is 0 Å². The second-order valence-corrected chi connectivity index (χ2v) is 12.1. The fourth-order valence-corrected chi connectivity index (χ4v) is 5.51. The van der Waals surface area contributed by atoms with Crippen molar-refractivity contribution in [1.29, 1.82) is 0 Å². The monoisotopic (exact) mass is 468 g/mol. The molecule has 3 aromatic carbocycles. The standard InChI is InChI=1S/C35H48/c1-20(2)27-18-32(23(7)8)35(33(19-27)24(9)10)29-15-13-14-28(26(29)12)34-30(21(3)4)16-25(11)17-31(34)22(5)6/h13-24H,1-12H3. The van der Waals surface area contributed by atoms with Gasteiger partial charge in [-0.1, -0.05) is 117 Å². The highest BCUT2D eigenvalue weighted by Gasteiger charge is 2.23. The van der Waals surface area contributed by atoms with Gasteiger partial charge in [-0.15, -0.1) is 0 Å². The molecule has 0 nitrogen and oxygen atoms in total. The highest BCUT2D eigenvalue weighted by molar-refractivity contribution is 5.85. The Labute approximate surface area is 216 Å². The summed E-state index contributed by atoms with van der Waals surface area (Å²) in [5.41, 5.74) is 15.8. The SMILES string of the molecule is Cc1cc(C(C)C)c(-c2cccc(-c3c(C(C)C)cc(C(C)C)cc3C(C)C)c2C)c(C(C)C)c1. The summed E-state index contributed by atoms with van der Waals surface area (Å²) in [6.07, 6.45) is 0. The van der Waals surface area contributed by atoms with E-state index in [2.05, 4.69) is 126 Å². The van der Waals surface area contributed by atoms with Gasteiger partial charge in [0.15, 0.2) is 0 Å². The molecule has 0 heteroatoms. The van der Waals surface area contributed by atoms with Gasteiger partial charge in [0.1, 0.15) is 0 Å². The molecule has 3 aromatic rings. The van der Waals surface area contributed by atoms with Crippen LogP contribution >= 0.6 is 0 Å². The van der Waals surface area contributed by atoms with Crippen molar-refractivity contribution in [2.24, 2.45) is 0 Å². The zero-order valence-electron chi connectivity index (χ0n) is 24.4. The molecular weight excluding hydrogens is 420 g/mol. The summed E-state index contributed by atoms with van der Waals surface area (Å²) in [6.45, 7) is 27.9. The number of hydrogen-bond donors (Lipinski definition) is 0. The van der Waals surface area contributed by atoms with Crippen LogP contribution in [0.15, 0.2) is 42.5 Å². The van der Waals surface area contributed by atoms with E-state index in [1.165, 1.54) is 61.2 Å². The lowest BCUT2D eigenvalue weighted by atomic mass is 9.78. The average molecular weight is 469 g/mol. The van der Waals surface area contributed by atoms with Gasteiger partial charge in [0.25, 0.3) is 0 Å². The van der Waals surface area contributed by atoms with Gasteiger partial charge >= 0.3 is 0 Å². The first-order valence-corrected chi connectivity index (χ1v) is 13.8. The normalized spacial score (nSPS) is 12.1. The van der Waals surface area contributed by atoms with Gasteiger partial charge < -0.3 is 0 Å². The molecule has 0 aromatic heterocycles. The predicted octanol–water partition coefficient (Wildman–Crippen LogP) is 11.3. The first-order valence-electron chi connectivity index (χ1n) is 13.8. The van der Waals surface area contributed by atoms with Crippen LogP contribution in [-0.2, 0) is 0 Å². The summed E-state index contributed by atoms with van der Waals surface area (Å²) in [5.74, 6) is 2.44. The van der Waals surface area contributed by atoms with Crippen LogP contribution < -0.4 is 0 Å². The molecule has 0 aliphatic carbocycles. The molecule has 188 valence electrons. The van der Waals surface area contributed by atoms with Crippen molar-refractivity contribution in [3.05, 3.63) is 81.4 Å². The van der Waals surface area contributed by atoms with Crippen LogP contribution in [0.1, 0.15) is 138 Å². The molecule has 0 fully saturated rings. The molecule has 0 N–H and O–H groups in total. The van der Waals surface area contributed by atoms with Crippen LogP contribution in [0.25, 0.3) is 22.3 Å². The van der Waals surface area contributed by atoms with Crippen molar-refractivity contribution in [3.8, 4) is 22.3 Å². The number of benzene rings is 3. The first-order chi connectivity index (χ1) is 16.3. The minimum Gasteiger partial charge on any atom is -0.0610 e. The van der Waals surface area contributed by atoms with Crippen LogP contribution in [0.3, 0.4) is 0 Å². The van der Waals surface area contributed by atoms with E-state index in [9.17, 15) is 0 Å². The summed E-state index contributed by atoms with van der Waals surface area (Å²) in [4.78, 5) is 0. The summed E-state index contributed by atoms with van der Waals surface area (Å²) < 4.78 is 0. The molecule has 0 bridgehead atoms. The lowest BCUT2D eigenvalue weighted by Gasteiger charge is -2.27. The van der Waals surface area contributed by atoms with Crippen LogP contribution in [0.2, 0.25) is 0 Å². The highest BCUT2D eigenvalue weighted by atomic mass is 14.3. The summed E-state index contributed by atoms with van der Waals surface area (Å²) in [6, 6.07) is 16.8. The maximum atomic E-state index is 2.48. The third-order valence-corrected chi connectivity index (χ3v) is 7.59. The third-order valence-electron chi connectivity index (χ3n) is 7.59. The van der Waals surface area contributed by atoms with Gasteiger partial charge in [-0.3, -0.25) is 0 Å². The molecular formula is C35H48. The lowest BCUT2D eigenvalue weighted by molar-refractivity contribution is 0.807. The van der Waals surface area contributed by atoms with E-state index in [0.717, 1.165) is 0 Å². The maximum Gasteiger partial charge on any atom is -0.0111 e. The third kappa shape index (κ3) is 5.42. The van der Waals surface area contributed by atoms with Crippen molar-refractivity contribution in [2.45, 2.75) is 113 Å². The van der Waals surface area contributed by atoms with E-state index in [1.807, 2.05) is 0 Å². The molecule has 0 unspecified atom stereocenters. The zero-order valence-corrected chi connectivity index (χ0v) is 24.4. The van der Waals surface area contributed by atoms with Crippen molar-refractivity contribution in [1.82, 2.24) is 0 Å². The first kappa shape index (κ1) is 27.3. The largest absolute Gasteiger partial charge is 0.0610 e. The van der Waals surface area contributed by atoms with Crippen molar-refractivity contribution < 1.29 is 0 Å². The van der Waals surface area contributed by atoms with E-state index in [0.29, 0.717) is 29.6 Å². The van der Waals surface area contributed by atoms with Crippen LogP contribution in [0.4, 0.5) is 0 Å². The molecule has 0 amide bonds. The van der Waals surface area contributed by atoms with Gasteiger partial charge in [0.2, 0.25) is 0 Å². The van der Waals surface area contributed by atoms with Gasteiger partial charge in [-0.05, 0) is 99.1 Å². The molecule has 0 aliphatic rings. The van der Waals surface area contributed by atoms with Crippen LogP contribution in [-0.4, -0.2) is 0 Å². The molecule has 0 heterocycles. The molecule has 0 radical (unpaired) electrons. The molecule has 0 aliphatic heterocycles. The van der Waals surface area contributed by atoms with E-state index in [-0.39, 0.29) is 0 Å². The highest BCUT2D eigenvalue weighted by Crippen LogP contribution is 2.44. The summed E-state index contributed by atoms with van der Waals surface area (Å²) >= 11 is 0. The summed E-state index contributed by atoms with van der Waals surface area (Å²) in [5, 5.41) is 0. The molecule has 0 spiro atoms. The zero-order chi connectivity index (χ0) is 26.2. The number of aryl methyl sites for hydroxylation is 1. The second-order valence-electron chi connectivity index (χ2n) is 12.1. The predicted molar refractivity (Wildman–Crippen MR) is 157 cm³/mol. The van der Waals surface area contributed by atoms with Crippen molar-refractivity contribution in [3.63, 3.8) is 0 Å². The van der Waals surface area contributed by atoms with Crippen LogP contribution in [0, 0.1) is 13.8 Å². The van der Waals surface area contributed by atoms with E-state index < -0.39 is 0 Å². The fraction of sp³-hybridized carbons (Fsp3) is 0.486.